The van der Waals surface area contributed by atoms with Crippen molar-refractivity contribution < 1.29 is 14.3 Å². The molecule has 0 unspecified atom stereocenters. The largest absolute Gasteiger partial charge is 0.497 e. The van der Waals surface area contributed by atoms with Crippen molar-refractivity contribution in [2.24, 2.45) is 5.73 Å². The first-order chi connectivity index (χ1) is 8.81. The summed E-state index contributed by atoms with van der Waals surface area (Å²) in [5, 5.41) is 2.65. The second-order valence-corrected chi connectivity index (χ2v) is 5.27. The summed E-state index contributed by atoms with van der Waals surface area (Å²) in [5.41, 5.74) is 6.39. The fourth-order valence-electron chi connectivity index (χ4n) is 1.50. The third-order valence-corrected chi connectivity index (χ3v) is 2.39. The summed E-state index contributed by atoms with van der Waals surface area (Å²) in [6, 6.07) is 7.15. The van der Waals surface area contributed by atoms with Gasteiger partial charge < -0.3 is 20.5 Å². The molecule has 5 nitrogen and oxygen atoms in total. The Kier molecular flexibility index (Phi) is 5.18. The molecule has 0 fully saturated rings. The quantitative estimate of drug-likeness (QED) is 0.876. The number of nitrogens with two attached hydrogens (primary N) is 1. The van der Waals surface area contributed by atoms with Crippen LogP contribution >= 0.6 is 0 Å². The molecule has 19 heavy (non-hydrogen) atoms. The van der Waals surface area contributed by atoms with Crippen molar-refractivity contribution in [1.29, 1.82) is 0 Å². The summed E-state index contributed by atoms with van der Waals surface area (Å²) in [7, 11) is 1.60. The first-order valence-corrected chi connectivity index (χ1v) is 6.18. The van der Waals surface area contributed by atoms with Crippen molar-refractivity contribution in [1.82, 2.24) is 5.32 Å². The molecule has 5 heteroatoms. The molecular weight excluding hydrogens is 244 g/mol. The lowest BCUT2D eigenvalue weighted by molar-refractivity contribution is 0.0524. The van der Waals surface area contributed by atoms with Gasteiger partial charge in [0.1, 0.15) is 11.4 Å². The van der Waals surface area contributed by atoms with Crippen molar-refractivity contribution in [3.63, 3.8) is 0 Å². The zero-order valence-electron chi connectivity index (χ0n) is 11.9. The van der Waals surface area contributed by atoms with E-state index in [1.807, 2.05) is 45.0 Å². The first-order valence-electron chi connectivity index (χ1n) is 6.18. The minimum atomic E-state index is -0.510. The van der Waals surface area contributed by atoms with Gasteiger partial charge >= 0.3 is 6.09 Å². The number of nitrogens with one attached hydrogen (secondary N) is 1. The Balaban J connectivity index is 2.51. The molecule has 0 radical (unpaired) electrons. The molecule has 1 aromatic rings. The molecule has 0 heterocycles. The van der Waals surface area contributed by atoms with Crippen LogP contribution in [0.4, 0.5) is 4.79 Å². The fourth-order valence-corrected chi connectivity index (χ4v) is 1.50. The number of hydrogen-bond acceptors (Lipinski definition) is 4. The molecule has 0 aliphatic carbocycles. The van der Waals surface area contributed by atoms with E-state index in [0.717, 1.165) is 11.3 Å². The zero-order chi connectivity index (χ0) is 14.5. The van der Waals surface area contributed by atoms with Gasteiger partial charge in [-0.15, -0.1) is 0 Å². The SMILES string of the molecule is COc1cccc([C@@H](N)CNC(=O)OC(C)(C)C)c1. The molecule has 1 atom stereocenters. The van der Waals surface area contributed by atoms with E-state index in [9.17, 15) is 4.79 Å². The Morgan fingerprint density at radius 1 is 1.42 bits per heavy atom. The standard InChI is InChI=1S/C14H22N2O3/c1-14(2,3)19-13(17)16-9-12(15)10-6-5-7-11(8-10)18-4/h5-8,12H,9,15H2,1-4H3,(H,16,17)/t12-/m0/s1. The minimum absolute atomic E-state index is 0.303. The van der Waals surface area contributed by atoms with E-state index in [-0.39, 0.29) is 6.04 Å². The Labute approximate surface area is 114 Å². The molecule has 0 spiro atoms. The average Bonchev–Trinajstić information content (AvgIpc) is 2.34. The second-order valence-electron chi connectivity index (χ2n) is 5.27. The van der Waals surface area contributed by atoms with E-state index < -0.39 is 11.7 Å². The lowest BCUT2D eigenvalue weighted by atomic mass is 10.1. The number of carbonyl (C=O) groups is 1. The Morgan fingerprint density at radius 3 is 2.68 bits per heavy atom. The van der Waals surface area contributed by atoms with Crippen LogP contribution in [-0.4, -0.2) is 25.3 Å². The molecule has 0 aliphatic heterocycles. The normalized spacial score (nSPS) is 12.7. The van der Waals surface area contributed by atoms with Gasteiger partial charge in [0.25, 0.3) is 0 Å². The highest BCUT2D eigenvalue weighted by Crippen LogP contribution is 2.17. The van der Waals surface area contributed by atoms with Gasteiger partial charge in [-0.25, -0.2) is 4.79 Å². The van der Waals surface area contributed by atoms with Gasteiger partial charge in [0.05, 0.1) is 7.11 Å². The number of amides is 1. The highest BCUT2D eigenvalue weighted by Gasteiger charge is 2.17. The molecule has 0 saturated heterocycles. The third-order valence-electron chi connectivity index (χ3n) is 2.39. The van der Waals surface area contributed by atoms with Gasteiger partial charge in [0, 0.05) is 12.6 Å². The zero-order valence-corrected chi connectivity index (χ0v) is 11.9. The minimum Gasteiger partial charge on any atom is -0.497 e. The third kappa shape index (κ3) is 5.61. The van der Waals surface area contributed by atoms with Crippen molar-refractivity contribution in [3.8, 4) is 5.75 Å². The molecule has 1 aromatic carbocycles. The van der Waals surface area contributed by atoms with Crippen LogP contribution in [-0.2, 0) is 4.74 Å². The van der Waals surface area contributed by atoms with E-state index in [0.29, 0.717) is 6.54 Å². The summed E-state index contributed by atoms with van der Waals surface area (Å²) >= 11 is 0. The molecule has 0 aliphatic rings. The highest BCUT2D eigenvalue weighted by atomic mass is 16.6. The van der Waals surface area contributed by atoms with E-state index in [2.05, 4.69) is 5.32 Å². The summed E-state index contributed by atoms with van der Waals surface area (Å²) < 4.78 is 10.3. The molecule has 0 saturated carbocycles. The van der Waals surface area contributed by atoms with Crippen molar-refractivity contribution in [2.75, 3.05) is 13.7 Å². The van der Waals surface area contributed by atoms with E-state index in [4.69, 9.17) is 15.2 Å². The highest BCUT2D eigenvalue weighted by molar-refractivity contribution is 5.67. The van der Waals surface area contributed by atoms with Crippen LogP contribution < -0.4 is 15.8 Å². The molecule has 1 rings (SSSR count). The maximum absolute atomic E-state index is 11.5. The van der Waals surface area contributed by atoms with Crippen LogP contribution in [0.2, 0.25) is 0 Å². The van der Waals surface area contributed by atoms with Crippen LogP contribution in [0, 0.1) is 0 Å². The first kappa shape index (κ1) is 15.3. The van der Waals surface area contributed by atoms with Crippen molar-refractivity contribution >= 4 is 6.09 Å². The van der Waals surface area contributed by atoms with Crippen LogP contribution in [0.3, 0.4) is 0 Å². The fraction of sp³-hybridized carbons (Fsp3) is 0.500. The lowest BCUT2D eigenvalue weighted by Crippen LogP contribution is -2.36. The molecule has 0 aromatic heterocycles. The van der Waals surface area contributed by atoms with Crippen molar-refractivity contribution in [3.05, 3.63) is 29.8 Å². The predicted molar refractivity (Wildman–Crippen MR) is 74.2 cm³/mol. The van der Waals surface area contributed by atoms with Gasteiger partial charge in [0.15, 0.2) is 0 Å². The topological polar surface area (TPSA) is 73.6 Å². The number of hydrogen-bond donors (Lipinski definition) is 2. The van der Waals surface area contributed by atoms with Gasteiger partial charge in [-0.05, 0) is 38.5 Å². The average molecular weight is 266 g/mol. The number of methoxy groups -OCH3 is 1. The summed E-state index contributed by atoms with van der Waals surface area (Å²) in [4.78, 5) is 11.5. The van der Waals surface area contributed by atoms with Gasteiger partial charge in [-0.2, -0.15) is 0 Å². The maximum Gasteiger partial charge on any atom is 0.407 e. The molecule has 0 bridgehead atoms. The van der Waals surface area contributed by atoms with Crippen LogP contribution in [0.25, 0.3) is 0 Å². The summed E-state index contributed by atoms with van der Waals surface area (Å²) in [6.07, 6.45) is -0.467. The molecule has 3 N–H and O–H groups in total. The van der Waals surface area contributed by atoms with Gasteiger partial charge in [0.2, 0.25) is 0 Å². The van der Waals surface area contributed by atoms with Crippen molar-refractivity contribution in [2.45, 2.75) is 32.4 Å². The predicted octanol–water partition coefficient (Wildman–Crippen LogP) is 2.22. The molecule has 1 amide bonds. The van der Waals surface area contributed by atoms with E-state index in [1.165, 1.54) is 0 Å². The van der Waals surface area contributed by atoms with Crippen LogP contribution in [0.15, 0.2) is 24.3 Å². The van der Waals surface area contributed by atoms with Gasteiger partial charge in [-0.1, -0.05) is 12.1 Å². The monoisotopic (exact) mass is 266 g/mol. The Bertz CT molecular complexity index is 427. The smallest absolute Gasteiger partial charge is 0.407 e. The summed E-state index contributed by atoms with van der Waals surface area (Å²) in [6.45, 7) is 5.75. The number of carbonyl (C=O) groups excluding carboxylic acids is 1. The lowest BCUT2D eigenvalue weighted by Gasteiger charge is -2.21. The maximum atomic E-state index is 11.5. The van der Waals surface area contributed by atoms with Crippen LogP contribution in [0.5, 0.6) is 5.75 Å². The second kappa shape index (κ2) is 6.43. The van der Waals surface area contributed by atoms with E-state index >= 15 is 0 Å². The van der Waals surface area contributed by atoms with E-state index in [1.54, 1.807) is 7.11 Å². The number of benzene rings is 1. The van der Waals surface area contributed by atoms with Gasteiger partial charge in [-0.3, -0.25) is 0 Å². The number of alkyl carbamates (subject to hydrolysis) is 1. The Morgan fingerprint density at radius 2 is 2.11 bits per heavy atom. The van der Waals surface area contributed by atoms with Crippen LogP contribution in [0.1, 0.15) is 32.4 Å². The molecule has 106 valence electrons. The number of rotatable bonds is 4. The number of ether oxygens (including phenoxy) is 2. The molecular formula is C14H22N2O3. The Hall–Kier alpha value is -1.75. The summed E-state index contributed by atoms with van der Waals surface area (Å²) in [5.74, 6) is 0.741.